The van der Waals surface area contributed by atoms with Crippen molar-refractivity contribution >= 4 is 35.5 Å². The predicted octanol–water partition coefficient (Wildman–Crippen LogP) is 2.71. The first-order chi connectivity index (χ1) is 19.9. The number of anilines is 3. The summed E-state index contributed by atoms with van der Waals surface area (Å²) in [7, 11) is 3.60. The molecular weight excluding hydrogens is 524 g/mol. The second kappa shape index (κ2) is 11.1. The molecule has 2 aromatic heterocycles. The van der Waals surface area contributed by atoms with Crippen molar-refractivity contribution in [3.05, 3.63) is 40.7 Å². The van der Waals surface area contributed by atoms with Gasteiger partial charge in [-0.2, -0.15) is 5.26 Å². The maximum absolute atomic E-state index is 13.6. The molecule has 12 heteroatoms. The third kappa shape index (κ3) is 5.11. The number of amides is 3. The maximum Gasteiger partial charge on any atom is 0.328 e. The van der Waals surface area contributed by atoms with Gasteiger partial charge in [0.05, 0.1) is 29.9 Å². The van der Waals surface area contributed by atoms with Crippen molar-refractivity contribution in [1.82, 2.24) is 19.8 Å². The average molecular weight is 559 g/mol. The molecule has 0 aromatic carbocycles. The van der Waals surface area contributed by atoms with Crippen LogP contribution in [0.25, 0.3) is 0 Å². The lowest BCUT2D eigenvalue weighted by Crippen LogP contribution is -2.54. The number of aromatic nitrogens is 2. The molecule has 2 bridgehead atoms. The number of carbonyl (C=O) groups excluding carboxylic acids is 3. The summed E-state index contributed by atoms with van der Waals surface area (Å²) in [5.74, 6) is 1.07. The Hall–Kier alpha value is -4.08. The van der Waals surface area contributed by atoms with Crippen LogP contribution in [0, 0.1) is 11.3 Å². The lowest BCUT2D eigenvalue weighted by Gasteiger charge is -2.49. The van der Waals surface area contributed by atoms with E-state index in [1.165, 1.54) is 6.20 Å². The molecule has 2 aromatic rings. The van der Waals surface area contributed by atoms with E-state index in [1.807, 2.05) is 18.0 Å². The summed E-state index contributed by atoms with van der Waals surface area (Å²) in [4.78, 5) is 52.6. The maximum atomic E-state index is 13.6. The highest BCUT2D eigenvalue weighted by Gasteiger charge is 2.46. The molecular formula is C29H34N8O4. The fourth-order valence-corrected chi connectivity index (χ4v) is 6.46. The Morgan fingerprint density at radius 2 is 2.10 bits per heavy atom. The zero-order valence-corrected chi connectivity index (χ0v) is 23.3. The van der Waals surface area contributed by atoms with Crippen molar-refractivity contribution in [2.75, 3.05) is 49.3 Å². The van der Waals surface area contributed by atoms with Crippen LogP contribution in [-0.2, 0) is 16.1 Å². The van der Waals surface area contributed by atoms with Crippen molar-refractivity contribution in [3.8, 4) is 6.07 Å². The fourth-order valence-electron chi connectivity index (χ4n) is 6.46. The van der Waals surface area contributed by atoms with Gasteiger partial charge in [-0.05, 0) is 56.7 Å². The van der Waals surface area contributed by atoms with Gasteiger partial charge in [0.15, 0.2) is 6.29 Å². The van der Waals surface area contributed by atoms with Gasteiger partial charge in [-0.3, -0.25) is 24.7 Å². The molecule has 5 aliphatic rings. The van der Waals surface area contributed by atoms with Crippen LogP contribution in [0.1, 0.15) is 65.2 Å². The normalized spacial score (nSPS) is 25.2. The summed E-state index contributed by atoms with van der Waals surface area (Å²) in [5, 5.41) is 15.9. The Balaban J connectivity index is 1.23. The van der Waals surface area contributed by atoms with Crippen LogP contribution in [0.4, 0.5) is 22.1 Å². The summed E-state index contributed by atoms with van der Waals surface area (Å²) in [6.07, 6.45) is 6.73. The summed E-state index contributed by atoms with van der Waals surface area (Å²) < 4.78 is 5.58. The number of nitriles is 1. The van der Waals surface area contributed by atoms with Gasteiger partial charge in [0.25, 0.3) is 0 Å². The number of aldehydes is 1. The van der Waals surface area contributed by atoms with Gasteiger partial charge < -0.3 is 15.0 Å². The number of pyridine rings is 2. The number of rotatable bonds is 7. The van der Waals surface area contributed by atoms with Gasteiger partial charge in [0.1, 0.15) is 23.4 Å². The number of nitrogens with one attached hydrogen (secondary N) is 2. The number of carbonyl (C=O) groups is 3. The number of piperazine rings is 1. The van der Waals surface area contributed by atoms with Crippen LogP contribution in [0.3, 0.4) is 0 Å². The second-order valence-corrected chi connectivity index (χ2v) is 11.4. The third-order valence-corrected chi connectivity index (χ3v) is 8.85. The first-order valence-corrected chi connectivity index (χ1v) is 14.1. The highest BCUT2D eigenvalue weighted by atomic mass is 16.5. The number of likely N-dealkylation sites (N-methyl/N-ethyl adjacent to an activating group) is 1. The molecule has 7 rings (SSSR count). The highest BCUT2D eigenvalue weighted by molar-refractivity contribution is 6.03. The molecule has 2 atom stereocenters. The minimum Gasteiger partial charge on any atom is -0.379 e. The molecule has 0 radical (unpaired) electrons. The van der Waals surface area contributed by atoms with Gasteiger partial charge in [-0.15, -0.1) is 0 Å². The molecule has 3 aliphatic heterocycles. The minimum atomic E-state index is -0.389. The summed E-state index contributed by atoms with van der Waals surface area (Å²) in [6, 6.07) is 5.45. The van der Waals surface area contributed by atoms with E-state index in [9.17, 15) is 19.6 Å². The van der Waals surface area contributed by atoms with E-state index in [0.29, 0.717) is 54.4 Å². The first kappa shape index (κ1) is 27.1. The Morgan fingerprint density at radius 3 is 2.83 bits per heavy atom. The van der Waals surface area contributed by atoms with Gasteiger partial charge in [-0.1, -0.05) is 0 Å². The van der Waals surface area contributed by atoms with Crippen LogP contribution >= 0.6 is 0 Å². The van der Waals surface area contributed by atoms with E-state index in [1.54, 1.807) is 23.0 Å². The zero-order valence-electron chi connectivity index (χ0n) is 23.3. The molecule has 12 nitrogen and oxygen atoms in total. The van der Waals surface area contributed by atoms with Crippen LogP contribution in [-0.4, -0.2) is 90.0 Å². The van der Waals surface area contributed by atoms with Crippen LogP contribution in [0.2, 0.25) is 0 Å². The quantitative estimate of drug-likeness (QED) is 0.490. The number of urea groups is 1. The van der Waals surface area contributed by atoms with E-state index in [4.69, 9.17) is 4.74 Å². The first-order valence-electron chi connectivity index (χ1n) is 14.1. The average Bonchev–Trinajstić information content (AvgIpc) is 3.40. The molecule has 2 N–H and O–H groups in total. The fraction of sp³-hybridized carbons (Fsp3) is 0.517. The predicted molar refractivity (Wildman–Crippen MR) is 151 cm³/mol. The number of nitrogens with zero attached hydrogens (tertiary/aromatic N) is 6. The molecule has 1 saturated heterocycles. The molecule has 2 saturated carbocycles. The highest BCUT2D eigenvalue weighted by Crippen LogP contribution is 2.50. The Bertz CT molecular complexity index is 1420. The minimum absolute atomic E-state index is 0.0208. The largest absolute Gasteiger partial charge is 0.379 e. The molecule has 5 heterocycles. The smallest absolute Gasteiger partial charge is 0.328 e. The Kier molecular flexibility index (Phi) is 7.32. The van der Waals surface area contributed by atoms with E-state index in [2.05, 4.69) is 26.7 Å². The molecule has 3 amide bonds. The lowest BCUT2D eigenvalue weighted by atomic mass is 9.71. The van der Waals surface area contributed by atoms with E-state index < -0.39 is 0 Å². The molecule has 0 unspecified atom stereocenters. The topological polar surface area (TPSA) is 144 Å². The Labute approximate surface area is 238 Å². The van der Waals surface area contributed by atoms with Crippen molar-refractivity contribution in [1.29, 1.82) is 5.26 Å². The summed E-state index contributed by atoms with van der Waals surface area (Å²) >= 11 is 0. The van der Waals surface area contributed by atoms with Gasteiger partial charge >= 0.3 is 6.03 Å². The molecule has 3 fully saturated rings. The van der Waals surface area contributed by atoms with Gasteiger partial charge in [0, 0.05) is 50.6 Å². The molecule has 41 heavy (non-hydrogen) atoms. The number of hydrogen-bond donors (Lipinski definition) is 2. The number of ether oxygens (including phenoxy) is 1. The van der Waals surface area contributed by atoms with E-state index in [-0.39, 0.29) is 41.7 Å². The molecule has 0 spiro atoms. The van der Waals surface area contributed by atoms with Crippen molar-refractivity contribution in [2.45, 2.75) is 62.8 Å². The van der Waals surface area contributed by atoms with Crippen LogP contribution < -0.4 is 15.5 Å². The number of methoxy groups -OCH3 is 1. The van der Waals surface area contributed by atoms with Crippen LogP contribution in [0.5, 0.6) is 0 Å². The second-order valence-electron chi connectivity index (χ2n) is 11.4. The van der Waals surface area contributed by atoms with Gasteiger partial charge in [0.2, 0.25) is 5.91 Å². The summed E-state index contributed by atoms with van der Waals surface area (Å²) in [5.41, 5.74) is 2.85. The van der Waals surface area contributed by atoms with Crippen molar-refractivity contribution in [2.24, 2.45) is 0 Å². The van der Waals surface area contributed by atoms with Crippen LogP contribution in [0.15, 0.2) is 18.3 Å². The van der Waals surface area contributed by atoms with Crippen molar-refractivity contribution < 1.29 is 19.1 Å². The SMILES string of the molecule is CO[C@@H]1CCC[C@H]1Nc1cc(NC(=O)N2c3nc(C=O)c(CN4CCN(C)CC4=O)cc3C3CC2C3)ncc1C#N. The standard InChI is InChI=1S/C29H34N8O4/c1-35-6-7-36(27(39)15-35)14-18-10-21-17-8-20(9-17)37(28(21)33-24(18)16-38)29(40)34-26-11-23(19(12-30)13-31-26)32-22-4-3-5-25(22)41-2/h10-11,13,16-17,20,22,25H,3-9,14-15H2,1-2H3,(H2,31,32,34,40)/t17?,20?,22-,25-/m1/s1. The van der Waals surface area contributed by atoms with Gasteiger partial charge in [-0.25, -0.2) is 14.8 Å². The zero-order chi connectivity index (χ0) is 28.7. The van der Waals surface area contributed by atoms with E-state index in [0.717, 1.165) is 44.2 Å². The molecule has 214 valence electrons. The third-order valence-electron chi connectivity index (χ3n) is 8.85. The number of hydrogen-bond acceptors (Lipinski definition) is 9. The van der Waals surface area contributed by atoms with Crippen molar-refractivity contribution in [3.63, 3.8) is 0 Å². The van der Waals surface area contributed by atoms with E-state index >= 15 is 0 Å². The summed E-state index contributed by atoms with van der Waals surface area (Å²) in [6.45, 7) is 2.03. The lowest BCUT2D eigenvalue weighted by molar-refractivity contribution is -0.136. The Morgan fingerprint density at radius 1 is 1.27 bits per heavy atom. The monoisotopic (exact) mass is 558 g/mol. The molecule has 2 aliphatic carbocycles.